The number of hydrogen-bond donors (Lipinski definition) is 2. The van der Waals surface area contributed by atoms with E-state index in [4.69, 9.17) is 5.73 Å². The lowest BCUT2D eigenvalue weighted by atomic mass is 9.87. The second-order valence-corrected chi connectivity index (χ2v) is 5.80. The topological polar surface area (TPSA) is 55.1 Å². The first kappa shape index (κ1) is 12.1. The Kier molecular flexibility index (Phi) is 3.66. The van der Waals surface area contributed by atoms with Crippen LogP contribution >= 0.6 is 31.9 Å². The number of nitrogens with two attached hydrogens (primary N) is 1. The van der Waals surface area contributed by atoms with Crippen molar-refractivity contribution < 1.29 is 4.79 Å². The highest BCUT2D eigenvalue weighted by Crippen LogP contribution is 2.23. The predicted octanol–water partition coefficient (Wildman–Crippen LogP) is 2.43. The van der Waals surface area contributed by atoms with Gasteiger partial charge in [0.15, 0.2) is 0 Å². The minimum Gasteiger partial charge on any atom is -0.349 e. The van der Waals surface area contributed by atoms with Gasteiger partial charge in [0.05, 0.1) is 5.56 Å². The lowest BCUT2D eigenvalue weighted by Gasteiger charge is -2.33. The molecule has 0 bridgehead atoms. The molecule has 0 aliphatic heterocycles. The first-order valence-corrected chi connectivity index (χ1v) is 6.66. The van der Waals surface area contributed by atoms with E-state index in [0.717, 1.165) is 21.8 Å². The molecule has 1 aliphatic rings. The minimum absolute atomic E-state index is 0.0509. The Hall–Kier alpha value is -0.390. The lowest BCUT2D eigenvalue weighted by Crippen LogP contribution is -2.50. The summed E-state index contributed by atoms with van der Waals surface area (Å²) in [7, 11) is 0. The Morgan fingerprint density at radius 3 is 2.69 bits per heavy atom. The van der Waals surface area contributed by atoms with Crippen molar-refractivity contribution in [2.24, 2.45) is 5.73 Å². The van der Waals surface area contributed by atoms with Crippen LogP contribution in [0.2, 0.25) is 0 Å². The molecule has 5 heteroatoms. The maximum Gasteiger partial charge on any atom is 0.252 e. The molecular formula is C11H12Br2N2O. The molecule has 86 valence electrons. The minimum atomic E-state index is -0.0509. The largest absolute Gasteiger partial charge is 0.349 e. The van der Waals surface area contributed by atoms with Crippen molar-refractivity contribution in [3.63, 3.8) is 0 Å². The van der Waals surface area contributed by atoms with Gasteiger partial charge >= 0.3 is 0 Å². The molecule has 16 heavy (non-hydrogen) atoms. The highest BCUT2D eigenvalue weighted by Gasteiger charge is 2.27. The van der Waals surface area contributed by atoms with Crippen LogP contribution in [0.25, 0.3) is 0 Å². The van der Waals surface area contributed by atoms with Gasteiger partial charge in [-0.3, -0.25) is 4.79 Å². The van der Waals surface area contributed by atoms with Crippen molar-refractivity contribution in [3.05, 3.63) is 32.7 Å². The molecule has 0 aromatic heterocycles. The monoisotopic (exact) mass is 346 g/mol. The van der Waals surface area contributed by atoms with Gasteiger partial charge in [0.1, 0.15) is 0 Å². The number of nitrogens with one attached hydrogen (secondary N) is 1. The summed E-state index contributed by atoms with van der Waals surface area (Å²) in [5.74, 6) is -0.0509. The number of benzene rings is 1. The molecule has 2 rings (SSSR count). The van der Waals surface area contributed by atoms with Gasteiger partial charge in [-0.2, -0.15) is 0 Å². The predicted molar refractivity (Wildman–Crippen MR) is 70.3 cm³/mol. The van der Waals surface area contributed by atoms with Crippen LogP contribution in [0.1, 0.15) is 23.2 Å². The summed E-state index contributed by atoms with van der Waals surface area (Å²) in [6.07, 6.45) is 1.74. The maximum absolute atomic E-state index is 11.9. The number of amides is 1. The fraction of sp³-hybridized carbons (Fsp3) is 0.364. The Labute approximate surface area is 111 Å². The van der Waals surface area contributed by atoms with E-state index in [1.54, 1.807) is 6.07 Å². The smallest absolute Gasteiger partial charge is 0.252 e. The second-order valence-electron chi connectivity index (χ2n) is 4.03. The fourth-order valence-corrected chi connectivity index (χ4v) is 2.50. The molecule has 0 atom stereocenters. The molecule has 3 nitrogen and oxygen atoms in total. The van der Waals surface area contributed by atoms with Crippen LogP contribution in [0, 0.1) is 0 Å². The Balaban J connectivity index is 2.05. The zero-order valence-corrected chi connectivity index (χ0v) is 11.7. The van der Waals surface area contributed by atoms with Gasteiger partial charge in [0.25, 0.3) is 5.91 Å². The van der Waals surface area contributed by atoms with Gasteiger partial charge < -0.3 is 11.1 Å². The average Bonchev–Trinajstić information content (AvgIpc) is 2.19. The zero-order valence-electron chi connectivity index (χ0n) is 8.54. The van der Waals surface area contributed by atoms with E-state index in [2.05, 4.69) is 37.2 Å². The summed E-state index contributed by atoms with van der Waals surface area (Å²) in [6, 6.07) is 6.02. The molecule has 0 radical (unpaired) electrons. The van der Waals surface area contributed by atoms with Crippen molar-refractivity contribution in [2.45, 2.75) is 24.9 Å². The van der Waals surface area contributed by atoms with Crippen LogP contribution in [-0.4, -0.2) is 18.0 Å². The maximum atomic E-state index is 11.9. The Morgan fingerprint density at radius 2 is 2.06 bits per heavy atom. The first-order chi connectivity index (χ1) is 7.56. The lowest BCUT2D eigenvalue weighted by molar-refractivity contribution is 0.0909. The van der Waals surface area contributed by atoms with E-state index in [-0.39, 0.29) is 18.0 Å². The summed E-state index contributed by atoms with van der Waals surface area (Å²) in [5, 5.41) is 2.96. The van der Waals surface area contributed by atoms with Crippen molar-refractivity contribution >= 4 is 37.8 Å². The summed E-state index contributed by atoms with van der Waals surface area (Å²) >= 11 is 6.72. The summed E-state index contributed by atoms with van der Waals surface area (Å²) in [5.41, 5.74) is 6.32. The van der Waals surface area contributed by atoms with Crippen LogP contribution in [0.15, 0.2) is 27.1 Å². The van der Waals surface area contributed by atoms with E-state index in [1.165, 1.54) is 0 Å². The van der Waals surface area contributed by atoms with E-state index in [1.807, 2.05) is 12.1 Å². The summed E-state index contributed by atoms with van der Waals surface area (Å²) < 4.78 is 1.70. The number of hydrogen-bond acceptors (Lipinski definition) is 2. The Morgan fingerprint density at radius 1 is 1.38 bits per heavy atom. The molecule has 0 heterocycles. The van der Waals surface area contributed by atoms with E-state index >= 15 is 0 Å². The van der Waals surface area contributed by atoms with Crippen LogP contribution < -0.4 is 11.1 Å². The van der Waals surface area contributed by atoms with E-state index in [9.17, 15) is 4.79 Å². The van der Waals surface area contributed by atoms with Crippen molar-refractivity contribution in [1.29, 1.82) is 0 Å². The number of carbonyl (C=O) groups is 1. The third kappa shape index (κ3) is 2.64. The number of rotatable bonds is 2. The molecule has 0 spiro atoms. The molecule has 1 amide bonds. The fourth-order valence-electron chi connectivity index (χ4n) is 1.71. The SMILES string of the molecule is NC1CC(NC(=O)c2cc(Br)ccc2Br)C1. The molecule has 1 aliphatic carbocycles. The molecule has 1 fully saturated rings. The molecule has 1 aromatic carbocycles. The summed E-state index contributed by atoms with van der Waals surface area (Å²) in [4.78, 5) is 11.9. The van der Waals surface area contributed by atoms with Crippen molar-refractivity contribution in [2.75, 3.05) is 0 Å². The van der Waals surface area contributed by atoms with Gasteiger partial charge in [-0.1, -0.05) is 15.9 Å². The molecule has 1 aromatic rings. The standard InChI is InChI=1S/C11H12Br2N2O/c12-6-1-2-10(13)9(3-6)11(16)15-8-4-7(14)5-8/h1-3,7-8H,4-5,14H2,(H,15,16). The molecule has 0 unspecified atom stereocenters. The van der Waals surface area contributed by atoms with E-state index < -0.39 is 0 Å². The van der Waals surface area contributed by atoms with Gasteiger partial charge in [-0.15, -0.1) is 0 Å². The molecule has 3 N–H and O–H groups in total. The van der Waals surface area contributed by atoms with E-state index in [0.29, 0.717) is 5.56 Å². The van der Waals surface area contributed by atoms with Gasteiger partial charge in [-0.05, 0) is 47.0 Å². The van der Waals surface area contributed by atoms with Crippen molar-refractivity contribution in [1.82, 2.24) is 5.32 Å². The molecular weight excluding hydrogens is 336 g/mol. The zero-order chi connectivity index (χ0) is 11.7. The van der Waals surface area contributed by atoms with Crippen LogP contribution in [0.4, 0.5) is 0 Å². The molecule has 1 saturated carbocycles. The van der Waals surface area contributed by atoms with Gasteiger partial charge in [0.2, 0.25) is 0 Å². The highest BCUT2D eigenvalue weighted by atomic mass is 79.9. The van der Waals surface area contributed by atoms with Crippen LogP contribution in [-0.2, 0) is 0 Å². The molecule has 0 saturated heterocycles. The quantitative estimate of drug-likeness (QED) is 0.863. The third-order valence-electron chi connectivity index (χ3n) is 2.68. The Bertz CT molecular complexity index is 416. The number of halogens is 2. The second kappa shape index (κ2) is 4.85. The normalized spacial score (nSPS) is 23.7. The van der Waals surface area contributed by atoms with Gasteiger partial charge in [0, 0.05) is 21.0 Å². The van der Waals surface area contributed by atoms with Crippen molar-refractivity contribution in [3.8, 4) is 0 Å². The summed E-state index contributed by atoms with van der Waals surface area (Å²) in [6.45, 7) is 0. The van der Waals surface area contributed by atoms with Crippen LogP contribution in [0.5, 0.6) is 0 Å². The first-order valence-electron chi connectivity index (χ1n) is 5.08. The highest BCUT2D eigenvalue weighted by molar-refractivity contribution is 9.11. The third-order valence-corrected chi connectivity index (χ3v) is 3.87. The number of carbonyl (C=O) groups excluding carboxylic acids is 1. The van der Waals surface area contributed by atoms with Gasteiger partial charge in [-0.25, -0.2) is 0 Å². The average molecular weight is 348 g/mol. The van der Waals surface area contributed by atoms with Crippen LogP contribution in [0.3, 0.4) is 0 Å².